The minimum Gasteiger partial charge on any atom is -0.349 e. The molecule has 0 saturated heterocycles. The molecule has 1 unspecified atom stereocenters. The number of nitrogens with one attached hydrogen (secondary N) is 1. The first-order chi connectivity index (χ1) is 12.5. The summed E-state index contributed by atoms with van der Waals surface area (Å²) in [6.45, 7) is 0.264. The van der Waals surface area contributed by atoms with Gasteiger partial charge in [0.1, 0.15) is 18.2 Å². The highest BCUT2D eigenvalue weighted by Crippen LogP contribution is 2.35. The number of carbonyl (C=O) groups is 1. The molecule has 26 heavy (non-hydrogen) atoms. The van der Waals surface area contributed by atoms with Crippen LogP contribution in [0.3, 0.4) is 0 Å². The van der Waals surface area contributed by atoms with Gasteiger partial charge in [-0.2, -0.15) is 5.10 Å². The van der Waals surface area contributed by atoms with Crippen LogP contribution in [0.15, 0.2) is 36.7 Å². The number of halogens is 1. The number of nitrogens with zero attached hydrogens (tertiary/aromatic N) is 3. The number of aryl methyl sites for hydroxylation is 1. The summed E-state index contributed by atoms with van der Waals surface area (Å²) in [5.74, 6) is -0.106. The molecule has 0 radical (unpaired) electrons. The Hall–Kier alpha value is -2.77. The molecule has 0 spiro atoms. The van der Waals surface area contributed by atoms with Gasteiger partial charge in [-0.1, -0.05) is 25.0 Å². The smallest absolute Gasteiger partial charge is 0.306 e. The average molecular weight is 360 g/mol. The summed E-state index contributed by atoms with van der Waals surface area (Å²) in [6, 6.07) is 6.11. The molecule has 1 aromatic carbocycles. The third-order valence-electron chi connectivity index (χ3n) is 4.82. The molecule has 7 nitrogen and oxygen atoms in total. The molecule has 0 bridgehead atoms. The van der Waals surface area contributed by atoms with Gasteiger partial charge in [-0.05, 0) is 36.5 Å². The van der Waals surface area contributed by atoms with E-state index in [1.165, 1.54) is 23.0 Å². The number of rotatable bonds is 7. The van der Waals surface area contributed by atoms with E-state index in [1.807, 2.05) is 0 Å². The second kappa shape index (κ2) is 8.07. The Labute approximate surface area is 150 Å². The van der Waals surface area contributed by atoms with Crippen molar-refractivity contribution < 1.29 is 14.1 Å². The molecule has 1 fully saturated rings. The van der Waals surface area contributed by atoms with Crippen molar-refractivity contribution in [1.82, 2.24) is 15.1 Å². The maximum Gasteiger partial charge on any atom is 0.306 e. The lowest BCUT2D eigenvalue weighted by Crippen LogP contribution is -2.33. The minimum atomic E-state index is -0.520. The lowest BCUT2D eigenvalue weighted by molar-refractivity contribution is -0.385. The zero-order chi connectivity index (χ0) is 18.5. The van der Waals surface area contributed by atoms with E-state index in [4.69, 9.17) is 0 Å². The number of carbonyl (C=O) groups excluding carboxylic acids is 1. The van der Waals surface area contributed by atoms with Crippen LogP contribution < -0.4 is 5.32 Å². The number of nitro groups is 1. The first kappa shape index (κ1) is 18.0. The standard InChI is InChI=1S/C18H21FN4O3/c19-15-7-5-14(6-8-15)18(13-3-1-2-4-13)21-17(24)9-10-22-12-16(11-20-22)23(25)26/h5-8,11-13,18H,1-4,9-10H2,(H,21,24). The summed E-state index contributed by atoms with van der Waals surface area (Å²) in [5, 5.41) is 17.6. The molecular weight excluding hydrogens is 339 g/mol. The lowest BCUT2D eigenvalue weighted by Gasteiger charge is -2.25. The van der Waals surface area contributed by atoms with E-state index >= 15 is 0 Å². The largest absolute Gasteiger partial charge is 0.349 e. The molecule has 1 heterocycles. The Bertz CT molecular complexity index is 769. The fourth-order valence-electron chi connectivity index (χ4n) is 3.47. The van der Waals surface area contributed by atoms with Gasteiger partial charge in [-0.3, -0.25) is 19.6 Å². The van der Waals surface area contributed by atoms with Crippen molar-refractivity contribution in [3.05, 3.63) is 58.2 Å². The maximum atomic E-state index is 13.2. The average Bonchev–Trinajstić information content (AvgIpc) is 3.30. The zero-order valence-corrected chi connectivity index (χ0v) is 14.3. The van der Waals surface area contributed by atoms with Crippen LogP contribution in [0.4, 0.5) is 10.1 Å². The number of amides is 1. The van der Waals surface area contributed by atoms with Crippen molar-refractivity contribution in [1.29, 1.82) is 0 Å². The van der Waals surface area contributed by atoms with Crippen LogP contribution in [0.2, 0.25) is 0 Å². The summed E-state index contributed by atoms with van der Waals surface area (Å²) in [4.78, 5) is 22.6. The summed E-state index contributed by atoms with van der Waals surface area (Å²) < 4.78 is 14.6. The van der Waals surface area contributed by atoms with Gasteiger partial charge in [0.2, 0.25) is 5.91 Å². The first-order valence-electron chi connectivity index (χ1n) is 8.74. The van der Waals surface area contributed by atoms with Gasteiger partial charge in [0.25, 0.3) is 0 Å². The third-order valence-corrected chi connectivity index (χ3v) is 4.82. The second-order valence-electron chi connectivity index (χ2n) is 6.61. The van der Waals surface area contributed by atoms with E-state index in [-0.39, 0.29) is 36.4 Å². The zero-order valence-electron chi connectivity index (χ0n) is 14.3. The van der Waals surface area contributed by atoms with Crippen LogP contribution in [0, 0.1) is 21.8 Å². The van der Waals surface area contributed by atoms with E-state index in [9.17, 15) is 19.3 Å². The number of aromatic nitrogens is 2. The van der Waals surface area contributed by atoms with Crippen LogP contribution in [-0.2, 0) is 11.3 Å². The van der Waals surface area contributed by atoms with Gasteiger partial charge < -0.3 is 5.32 Å². The Morgan fingerprint density at radius 1 is 1.35 bits per heavy atom. The van der Waals surface area contributed by atoms with Crippen molar-refractivity contribution in [3.63, 3.8) is 0 Å². The summed E-state index contributed by atoms with van der Waals surface area (Å²) in [5.41, 5.74) is 0.807. The van der Waals surface area contributed by atoms with Gasteiger partial charge in [0, 0.05) is 13.0 Å². The second-order valence-corrected chi connectivity index (χ2v) is 6.61. The molecule has 1 aromatic heterocycles. The molecule has 1 saturated carbocycles. The molecule has 1 aliphatic rings. The van der Waals surface area contributed by atoms with Crippen molar-refractivity contribution in [2.45, 2.75) is 44.7 Å². The van der Waals surface area contributed by atoms with Gasteiger partial charge in [0.15, 0.2) is 0 Å². The van der Waals surface area contributed by atoms with Gasteiger partial charge in [-0.15, -0.1) is 0 Å². The highest BCUT2D eigenvalue weighted by atomic mass is 19.1. The quantitative estimate of drug-likeness (QED) is 0.605. The Morgan fingerprint density at radius 3 is 2.65 bits per heavy atom. The molecule has 1 N–H and O–H groups in total. The topological polar surface area (TPSA) is 90.1 Å². The Morgan fingerprint density at radius 2 is 2.04 bits per heavy atom. The molecule has 3 rings (SSSR count). The van der Waals surface area contributed by atoms with Gasteiger partial charge >= 0.3 is 5.69 Å². The third kappa shape index (κ3) is 4.44. The van der Waals surface area contributed by atoms with E-state index in [1.54, 1.807) is 12.1 Å². The molecule has 1 atom stereocenters. The van der Waals surface area contributed by atoms with E-state index in [0.29, 0.717) is 5.92 Å². The Kier molecular flexibility index (Phi) is 5.60. The van der Waals surface area contributed by atoms with Crippen LogP contribution in [-0.4, -0.2) is 20.6 Å². The fraction of sp³-hybridized carbons (Fsp3) is 0.444. The van der Waals surface area contributed by atoms with Crippen molar-refractivity contribution >= 4 is 11.6 Å². The highest BCUT2D eigenvalue weighted by Gasteiger charge is 2.27. The van der Waals surface area contributed by atoms with Crippen LogP contribution in [0.5, 0.6) is 0 Å². The van der Waals surface area contributed by atoms with Gasteiger partial charge in [-0.25, -0.2) is 4.39 Å². The number of hydrogen-bond donors (Lipinski definition) is 1. The fourth-order valence-corrected chi connectivity index (χ4v) is 3.47. The molecular formula is C18H21FN4O3. The van der Waals surface area contributed by atoms with E-state index < -0.39 is 4.92 Å². The molecule has 2 aromatic rings. The minimum absolute atomic E-state index is 0.0967. The predicted molar refractivity (Wildman–Crippen MR) is 92.7 cm³/mol. The molecule has 0 aliphatic heterocycles. The van der Waals surface area contributed by atoms with Gasteiger partial charge in [0.05, 0.1) is 11.0 Å². The number of benzene rings is 1. The summed E-state index contributed by atoms with van der Waals surface area (Å²) in [7, 11) is 0. The SMILES string of the molecule is O=C(CCn1cc([N+](=O)[O-])cn1)NC(c1ccc(F)cc1)C1CCCC1. The van der Waals surface area contributed by atoms with Crippen LogP contribution >= 0.6 is 0 Å². The van der Waals surface area contributed by atoms with E-state index in [2.05, 4.69) is 10.4 Å². The molecule has 1 aliphatic carbocycles. The monoisotopic (exact) mass is 360 g/mol. The normalized spacial score (nSPS) is 15.7. The highest BCUT2D eigenvalue weighted by molar-refractivity contribution is 5.76. The number of hydrogen-bond acceptors (Lipinski definition) is 4. The molecule has 138 valence electrons. The maximum absolute atomic E-state index is 13.2. The van der Waals surface area contributed by atoms with Crippen LogP contribution in [0.1, 0.15) is 43.7 Å². The van der Waals surface area contributed by atoms with Crippen molar-refractivity contribution in [2.75, 3.05) is 0 Å². The first-order valence-corrected chi connectivity index (χ1v) is 8.74. The summed E-state index contributed by atoms with van der Waals surface area (Å²) >= 11 is 0. The molecule has 1 amide bonds. The molecule has 8 heteroatoms. The lowest BCUT2D eigenvalue weighted by atomic mass is 9.91. The van der Waals surface area contributed by atoms with Crippen molar-refractivity contribution in [3.8, 4) is 0 Å². The predicted octanol–water partition coefficient (Wildman–Crippen LogP) is 3.37. The Balaban J connectivity index is 1.62. The van der Waals surface area contributed by atoms with Crippen LogP contribution in [0.25, 0.3) is 0 Å². The van der Waals surface area contributed by atoms with E-state index in [0.717, 1.165) is 37.4 Å². The van der Waals surface area contributed by atoms with Crippen molar-refractivity contribution in [2.24, 2.45) is 5.92 Å². The summed E-state index contributed by atoms with van der Waals surface area (Å²) in [6.07, 6.45) is 6.98.